The van der Waals surface area contributed by atoms with E-state index in [9.17, 15) is 4.79 Å². The highest BCUT2D eigenvalue weighted by atomic mass is 127. The lowest BCUT2D eigenvalue weighted by atomic mass is 10.1. The fourth-order valence-electron chi connectivity index (χ4n) is 1.74. The largest absolute Gasteiger partial charge is 0.384 e. The molecule has 6 heteroatoms. The lowest BCUT2D eigenvalue weighted by molar-refractivity contribution is -0.120. The predicted octanol–water partition coefficient (Wildman–Crippen LogP) is 2.76. The molecule has 0 aliphatic rings. The molecule has 2 aromatic rings. The summed E-state index contributed by atoms with van der Waals surface area (Å²) < 4.78 is 1.10. The first kappa shape index (κ1) is 16.3. The minimum Gasteiger partial charge on any atom is -0.384 e. The van der Waals surface area contributed by atoms with Crippen LogP contribution in [-0.4, -0.2) is 18.3 Å². The monoisotopic (exact) mass is 409 g/mol. The molecule has 1 amide bonds. The van der Waals surface area contributed by atoms with Crippen LogP contribution in [0.1, 0.15) is 5.56 Å². The van der Waals surface area contributed by atoms with E-state index in [0.717, 1.165) is 14.8 Å². The molecule has 0 heterocycles. The van der Waals surface area contributed by atoms with Crippen LogP contribution in [0.2, 0.25) is 0 Å². The molecule has 2 aromatic carbocycles. The summed E-state index contributed by atoms with van der Waals surface area (Å²) in [5.74, 6) is 0.0470. The van der Waals surface area contributed by atoms with Crippen LogP contribution >= 0.6 is 22.6 Å². The van der Waals surface area contributed by atoms with Crippen LogP contribution < -0.4 is 11.1 Å². The average molecular weight is 409 g/mol. The number of amides is 1. The molecule has 0 aromatic heterocycles. The van der Waals surface area contributed by atoms with Crippen molar-refractivity contribution >= 4 is 40.0 Å². The average Bonchev–Trinajstić information content (AvgIpc) is 2.50. The van der Waals surface area contributed by atoms with Crippen LogP contribution in [-0.2, 0) is 16.1 Å². The fourth-order valence-corrected chi connectivity index (χ4v) is 2.10. The van der Waals surface area contributed by atoms with E-state index >= 15 is 0 Å². The Balaban J connectivity index is 1.76. The summed E-state index contributed by atoms with van der Waals surface area (Å²) in [7, 11) is 0. The summed E-state index contributed by atoms with van der Waals surface area (Å²) in [6.07, 6.45) is 0.486. The van der Waals surface area contributed by atoms with Gasteiger partial charge in [-0.1, -0.05) is 35.5 Å². The zero-order valence-electron chi connectivity index (χ0n) is 11.8. The van der Waals surface area contributed by atoms with Gasteiger partial charge in [0.2, 0.25) is 0 Å². The smallest absolute Gasteiger partial charge is 0.265 e. The zero-order valence-corrected chi connectivity index (χ0v) is 14.0. The minimum absolute atomic E-state index is 0.179. The summed E-state index contributed by atoms with van der Waals surface area (Å²) in [6, 6.07) is 17.2. The number of benzene rings is 2. The molecule has 0 unspecified atom stereocenters. The second-order valence-electron chi connectivity index (χ2n) is 4.57. The van der Waals surface area contributed by atoms with Gasteiger partial charge in [0.1, 0.15) is 5.84 Å². The van der Waals surface area contributed by atoms with E-state index in [4.69, 9.17) is 10.6 Å². The Hall–Kier alpha value is -2.09. The van der Waals surface area contributed by atoms with E-state index in [1.54, 1.807) is 0 Å². The normalized spacial score (nSPS) is 11.0. The Bertz CT molecular complexity index is 642. The number of carbonyl (C=O) groups is 1. The van der Waals surface area contributed by atoms with Gasteiger partial charge in [-0.3, -0.25) is 4.79 Å². The molecule has 0 aliphatic carbocycles. The molecule has 22 heavy (non-hydrogen) atoms. The molecule has 0 saturated heterocycles. The Labute approximate surface area is 142 Å². The summed E-state index contributed by atoms with van der Waals surface area (Å²) in [6.45, 7) is -0.179. The highest BCUT2D eigenvalue weighted by Gasteiger charge is 2.03. The van der Waals surface area contributed by atoms with Gasteiger partial charge in [-0.05, 0) is 52.4 Å². The Morgan fingerprint density at radius 3 is 2.50 bits per heavy atom. The molecular weight excluding hydrogens is 393 g/mol. The topological polar surface area (TPSA) is 76.7 Å². The molecular formula is C16H16IN3O2. The maximum Gasteiger partial charge on any atom is 0.265 e. The van der Waals surface area contributed by atoms with E-state index in [-0.39, 0.29) is 12.5 Å². The van der Waals surface area contributed by atoms with E-state index in [1.807, 2.05) is 54.6 Å². The quantitative estimate of drug-likeness (QED) is 0.334. The maximum atomic E-state index is 11.7. The second-order valence-corrected chi connectivity index (χ2v) is 5.82. The molecule has 0 spiro atoms. The number of nitrogens with two attached hydrogens (primary N) is 1. The maximum absolute atomic E-state index is 11.7. The van der Waals surface area contributed by atoms with Gasteiger partial charge in [0.15, 0.2) is 6.61 Å². The van der Waals surface area contributed by atoms with Crippen LogP contribution in [0.15, 0.2) is 59.8 Å². The van der Waals surface area contributed by atoms with Crippen molar-refractivity contribution in [2.75, 3.05) is 11.9 Å². The molecule has 2 rings (SSSR count). The molecule has 114 valence electrons. The highest BCUT2D eigenvalue weighted by Crippen LogP contribution is 2.10. The van der Waals surface area contributed by atoms with E-state index in [2.05, 4.69) is 33.1 Å². The van der Waals surface area contributed by atoms with Gasteiger partial charge in [-0.15, -0.1) is 0 Å². The number of rotatable bonds is 6. The van der Waals surface area contributed by atoms with Gasteiger partial charge >= 0.3 is 0 Å². The number of hydrogen-bond acceptors (Lipinski definition) is 3. The van der Waals surface area contributed by atoms with Crippen LogP contribution in [0.4, 0.5) is 5.69 Å². The molecule has 0 fully saturated rings. The van der Waals surface area contributed by atoms with Crippen molar-refractivity contribution in [1.82, 2.24) is 0 Å². The van der Waals surface area contributed by atoms with E-state index in [1.165, 1.54) is 0 Å². The molecule has 0 bridgehead atoms. The number of hydrogen-bond donors (Lipinski definition) is 2. The Morgan fingerprint density at radius 1 is 1.14 bits per heavy atom. The van der Waals surface area contributed by atoms with Gasteiger partial charge in [-0.25, -0.2) is 0 Å². The Kier molecular flexibility index (Phi) is 6.20. The lowest BCUT2D eigenvalue weighted by Gasteiger charge is -2.05. The molecule has 3 N–H and O–H groups in total. The summed E-state index contributed by atoms with van der Waals surface area (Å²) in [4.78, 5) is 16.7. The van der Waals surface area contributed by atoms with Crippen molar-refractivity contribution in [2.24, 2.45) is 10.9 Å². The van der Waals surface area contributed by atoms with Gasteiger partial charge < -0.3 is 15.9 Å². The van der Waals surface area contributed by atoms with E-state index < -0.39 is 0 Å². The standard InChI is InChI=1S/C16H16IN3O2/c17-13-6-8-14(9-7-13)19-16(21)11-22-20-15(18)10-12-4-2-1-3-5-12/h1-9H,10-11H2,(H2,18,20)(H,19,21). The first-order valence-corrected chi connectivity index (χ1v) is 7.75. The third-order valence-electron chi connectivity index (χ3n) is 2.73. The molecule has 5 nitrogen and oxygen atoms in total. The first-order chi connectivity index (χ1) is 10.6. The van der Waals surface area contributed by atoms with Gasteiger partial charge in [-0.2, -0.15) is 0 Å². The summed E-state index contributed by atoms with van der Waals surface area (Å²) in [5, 5.41) is 6.46. The second kappa shape index (κ2) is 8.38. The van der Waals surface area contributed by atoms with Crippen molar-refractivity contribution in [3.63, 3.8) is 0 Å². The number of anilines is 1. The van der Waals surface area contributed by atoms with Crippen molar-refractivity contribution in [1.29, 1.82) is 0 Å². The minimum atomic E-state index is -0.280. The number of carbonyl (C=O) groups excluding carboxylic acids is 1. The van der Waals surface area contributed by atoms with Gasteiger partial charge in [0.25, 0.3) is 5.91 Å². The van der Waals surface area contributed by atoms with Crippen molar-refractivity contribution in [2.45, 2.75) is 6.42 Å². The van der Waals surface area contributed by atoms with Crippen LogP contribution in [0.25, 0.3) is 0 Å². The van der Waals surface area contributed by atoms with Crippen LogP contribution in [0.3, 0.4) is 0 Å². The third kappa shape index (κ3) is 5.72. The predicted molar refractivity (Wildman–Crippen MR) is 95.5 cm³/mol. The molecule has 0 atom stereocenters. The summed E-state index contributed by atoms with van der Waals surface area (Å²) >= 11 is 2.20. The van der Waals surface area contributed by atoms with E-state index in [0.29, 0.717) is 12.3 Å². The van der Waals surface area contributed by atoms with Crippen molar-refractivity contribution in [3.05, 3.63) is 63.7 Å². The number of nitrogens with zero attached hydrogens (tertiary/aromatic N) is 1. The summed E-state index contributed by atoms with van der Waals surface area (Å²) in [5.41, 5.74) is 7.51. The van der Waals surface area contributed by atoms with Crippen molar-refractivity contribution in [3.8, 4) is 0 Å². The number of nitrogens with one attached hydrogen (secondary N) is 1. The van der Waals surface area contributed by atoms with Crippen LogP contribution in [0.5, 0.6) is 0 Å². The number of amidine groups is 1. The Morgan fingerprint density at radius 2 is 1.82 bits per heavy atom. The third-order valence-corrected chi connectivity index (χ3v) is 3.45. The molecule has 0 radical (unpaired) electrons. The SMILES string of the molecule is NC(Cc1ccccc1)=NOCC(=O)Nc1ccc(I)cc1. The number of halogens is 1. The number of oxime groups is 1. The highest BCUT2D eigenvalue weighted by molar-refractivity contribution is 14.1. The van der Waals surface area contributed by atoms with Gasteiger partial charge in [0, 0.05) is 15.7 Å². The van der Waals surface area contributed by atoms with Gasteiger partial charge in [0.05, 0.1) is 0 Å². The first-order valence-electron chi connectivity index (χ1n) is 6.67. The molecule has 0 saturated carbocycles. The lowest BCUT2D eigenvalue weighted by Crippen LogP contribution is -2.20. The molecule has 0 aliphatic heterocycles. The van der Waals surface area contributed by atoms with Crippen LogP contribution in [0, 0.1) is 3.57 Å². The fraction of sp³-hybridized carbons (Fsp3) is 0.125. The zero-order chi connectivity index (χ0) is 15.8. The van der Waals surface area contributed by atoms with Crippen molar-refractivity contribution < 1.29 is 9.63 Å².